The molecule has 22 heavy (non-hydrogen) atoms. The van der Waals surface area contributed by atoms with Gasteiger partial charge < -0.3 is 0 Å². The van der Waals surface area contributed by atoms with Crippen molar-refractivity contribution in [3.8, 4) is 0 Å². The molecule has 9 heteroatoms. The van der Waals surface area contributed by atoms with Crippen LogP contribution < -0.4 is 0 Å². The van der Waals surface area contributed by atoms with Crippen molar-refractivity contribution in [3.05, 3.63) is 35.0 Å². The molecule has 2 aromatic rings. The number of imide groups is 2. The number of nitrogens with zero attached hydrogens (tertiary/aromatic N) is 5. The molecule has 0 N–H and O–H groups in total. The van der Waals surface area contributed by atoms with Gasteiger partial charge in [0, 0.05) is 17.8 Å². The molecule has 0 aliphatic carbocycles. The van der Waals surface area contributed by atoms with Crippen LogP contribution in [0.25, 0.3) is 0 Å². The molecule has 4 amide bonds. The van der Waals surface area contributed by atoms with Gasteiger partial charge in [0.1, 0.15) is 12.7 Å². The zero-order chi connectivity index (χ0) is 15.5. The second-order valence-electron chi connectivity index (χ2n) is 4.68. The van der Waals surface area contributed by atoms with Crippen LogP contribution in [0.4, 0.5) is 4.79 Å². The van der Waals surface area contributed by atoms with Gasteiger partial charge >= 0.3 is 17.8 Å². The Morgan fingerprint density at radius 2 is 1.82 bits per heavy atom. The topological polar surface area (TPSA) is 88.4 Å². The Hall–Kier alpha value is -2.55. The third kappa shape index (κ3) is 2.75. The van der Waals surface area contributed by atoms with Crippen molar-refractivity contribution in [2.75, 3.05) is 13.1 Å². The van der Waals surface area contributed by atoms with Gasteiger partial charge in [-0.2, -0.15) is 5.10 Å². The predicted octanol–water partition coefficient (Wildman–Crippen LogP) is 0.373. The van der Waals surface area contributed by atoms with Crippen LogP contribution in [-0.4, -0.2) is 55.5 Å². The molecule has 0 unspecified atom stereocenters. The van der Waals surface area contributed by atoms with E-state index in [1.54, 1.807) is 11.3 Å². The highest BCUT2D eigenvalue weighted by atomic mass is 32.1. The molecule has 0 radical (unpaired) electrons. The van der Waals surface area contributed by atoms with Crippen molar-refractivity contribution < 1.29 is 14.4 Å². The third-order valence-electron chi connectivity index (χ3n) is 3.32. The first-order chi connectivity index (χ1) is 10.7. The van der Waals surface area contributed by atoms with Crippen molar-refractivity contribution in [1.82, 2.24) is 24.6 Å². The summed E-state index contributed by atoms with van der Waals surface area (Å²) in [7, 11) is 0. The van der Waals surface area contributed by atoms with Gasteiger partial charge in [0.2, 0.25) is 0 Å². The Balaban J connectivity index is 1.62. The van der Waals surface area contributed by atoms with E-state index in [2.05, 4.69) is 10.1 Å². The molecule has 1 aliphatic heterocycles. The van der Waals surface area contributed by atoms with E-state index in [1.807, 2.05) is 17.5 Å². The number of urea groups is 1. The molecule has 1 saturated heterocycles. The Labute approximate surface area is 130 Å². The van der Waals surface area contributed by atoms with Gasteiger partial charge in [0.05, 0.1) is 13.1 Å². The molecule has 1 aliphatic rings. The number of amides is 4. The molecular formula is C13H13N5O3S. The summed E-state index contributed by atoms with van der Waals surface area (Å²) in [6, 6.07) is 3.27. The lowest BCUT2D eigenvalue weighted by Gasteiger charge is -2.15. The molecule has 0 saturated carbocycles. The maximum atomic E-state index is 12.2. The van der Waals surface area contributed by atoms with Crippen molar-refractivity contribution in [3.63, 3.8) is 0 Å². The lowest BCUT2D eigenvalue weighted by molar-refractivity contribution is -0.143. The van der Waals surface area contributed by atoms with Crippen LogP contribution in [0.2, 0.25) is 0 Å². The average Bonchev–Trinajstić information content (AvgIpc) is 3.22. The van der Waals surface area contributed by atoms with Crippen LogP contribution in [0.3, 0.4) is 0 Å². The summed E-state index contributed by atoms with van der Waals surface area (Å²) in [5.41, 5.74) is 0. The Bertz CT molecular complexity index is 624. The summed E-state index contributed by atoms with van der Waals surface area (Å²) in [4.78, 5) is 42.9. The SMILES string of the molecule is O=C1C(=O)N(CCn2cncn2)C(=O)N1CCc1cccs1. The first-order valence-corrected chi connectivity index (χ1v) is 7.57. The van der Waals surface area contributed by atoms with Crippen molar-refractivity contribution in [1.29, 1.82) is 0 Å². The van der Waals surface area contributed by atoms with Crippen molar-refractivity contribution in [2.45, 2.75) is 13.0 Å². The highest BCUT2D eigenvalue weighted by Gasteiger charge is 2.43. The molecule has 0 aromatic carbocycles. The second-order valence-corrected chi connectivity index (χ2v) is 5.72. The van der Waals surface area contributed by atoms with E-state index >= 15 is 0 Å². The van der Waals surface area contributed by atoms with Gasteiger partial charge in [-0.25, -0.2) is 9.78 Å². The second kappa shape index (κ2) is 6.06. The summed E-state index contributed by atoms with van der Waals surface area (Å²) in [6.07, 6.45) is 3.41. The fourth-order valence-electron chi connectivity index (χ4n) is 2.17. The smallest absolute Gasteiger partial charge is 0.263 e. The van der Waals surface area contributed by atoms with Crippen molar-refractivity contribution >= 4 is 29.2 Å². The van der Waals surface area contributed by atoms with Gasteiger partial charge in [0.15, 0.2) is 0 Å². The fourth-order valence-corrected chi connectivity index (χ4v) is 2.87. The number of thiophene rings is 1. The quantitative estimate of drug-likeness (QED) is 0.567. The van der Waals surface area contributed by atoms with Gasteiger partial charge in [-0.05, 0) is 11.4 Å². The largest absolute Gasteiger partial charge is 0.334 e. The number of rotatable bonds is 6. The lowest BCUT2D eigenvalue weighted by Crippen LogP contribution is -2.36. The number of carbonyl (C=O) groups excluding carboxylic acids is 3. The zero-order valence-corrected chi connectivity index (χ0v) is 12.4. The summed E-state index contributed by atoms with van der Waals surface area (Å²) >= 11 is 1.55. The summed E-state index contributed by atoms with van der Waals surface area (Å²) in [5.74, 6) is -1.54. The third-order valence-corrected chi connectivity index (χ3v) is 4.25. The highest BCUT2D eigenvalue weighted by molar-refractivity contribution is 7.09. The zero-order valence-electron chi connectivity index (χ0n) is 11.6. The standard InChI is InChI=1S/C13H13N5O3S/c19-11-12(20)18(6-5-16-9-14-8-15-16)13(21)17(11)4-3-10-2-1-7-22-10/h1-2,7-9H,3-6H2. The summed E-state index contributed by atoms with van der Waals surface area (Å²) in [6.45, 7) is 0.621. The molecule has 3 heterocycles. The summed E-state index contributed by atoms with van der Waals surface area (Å²) < 4.78 is 1.50. The first kappa shape index (κ1) is 14.4. The van der Waals surface area contributed by atoms with Gasteiger partial charge in [-0.1, -0.05) is 6.07 Å². The average molecular weight is 319 g/mol. The number of carbonyl (C=O) groups is 3. The van der Waals surface area contributed by atoms with Crippen LogP contribution in [-0.2, 0) is 22.6 Å². The Morgan fingerprint density at radius 3 is 2.45 bits per heavy atom. The molecule has 0 bridgehead atoms. The normalized spacial score (nSPS) is 15.2. The van der Waals surface area contributed by atoms with E-state index < -0.39 is 17.8 Å². The van der Waals surface area contributed by atoms with Crippen LogP contribution >= 0.6 is 11.3 Å². The van der Waals surface area contributed by atoms with E-state index in [0.717, 1.165) is 14.7 Å². The Kier molecular flexibility index (Phi) is 3.96. The molecule has 8 nitrogen and oxygen atoms in total. The minimum Gasteiger partial charge on any atom is -0.263 e. The van der Waals surface area contributed by atoms with Crippen LogP contribution in [0, 0.1) is 0 Å². The van der Waals surface area contributed by atoms with Crippen LogP contribution in [0.1, 0.15) is 4.88 Å². The highest BCUT2D eigenvalue weighted by Crippen LogP contribution is 2.15. The molecule has 0 atom stereocenters. The molecule has 2 aromatic heterocycles. The summed E-state index contributed by atoms with van der Waals surface area (Å²) in [5, 5.41) is 5.82. The monoisotopic (exact) mass is 319 g/mol. The van der Waals surface area contributed by atoms with Crippen LogP contribution in [0.5, 0.6) is 0 Å². The molecule has 3 rings (SSSR count). The minimum absolute atomic E-state index is 0.0995. The van der Waals surface area contributed by atoms with E-state index in [9.17, 15) is 14.4 Å². The van der Waals surface area contributed by atoms with Gasteiger partial charge in [-0.15, -0.1) is 11.3 Å². The predicted molar refractivity (Wildman–Crippen MR) is 76.9 cm³/mol. The minimum atomic E-state index is -0.781. The first-order valence-electron chi connectivity index (χ1n) is 6.69. The molecule has 114 valence electrons. The maximum absolute atomic E-state index is 12.2. The van der Waals surface area contributed by atoms with E-state index in [4.69, 9.17) is 0 Å². The van der Waals surface area contributed by atoms with Crippen LogP contribution in [0.15, 0.2) is 30.2 Å². The number of hydrogen-bond donors (Lipinski definition) is 0. The van der Waals surface area contributed by atoms with E-state index in [-0.39, 0.29) is 13.1 Å². The molecular weight excluding hydrogens is 306 g/mol. The van der Waals surface area contributed by atoms with E-state index in [1.165, 1.54) is 17.3 Å². The molecule has 0 spiro atoms. The Morgan fingerprint density at radius 1 is 1.05 bits per heavy atom. The van der Waals surface area contributed by atoms with Gasteiger partial charge in [0.25, 0.3) is 0 Å². The van der Waals surface area contributed by atoms with Gasteiger partial charge in [-0.3, -0.25) is 24.1 Å². The maximum Gasteiger partial charge on any atom is 0.334 e. The number of hydrogen-bond acceptors (Lipinski definition) is 6. The number of aromatic nitrogens is 3. The fraction of sp³-hybridized carbons (Fsp3) is 0.308. The molecule has 1 fully saturated rings. The van der Waals surface area contributed by atoms with Crippen molar-refractivity contribution in [2.24, 2.45) is 0 Å². The lowest BCUT2D eigenvalue weighted by atomic mass is 10.3. The van der Waals surface area contributed by atoms with E-state index in [0.29, 0.717) is 13.0 Å².